The molecule has 0 aliphatic heterocycles. The molecule has 17 heavy (non-hydrogen) atoms. The molecule has 0 saturated carbocycles. The van der Waals surface area contributed by atoms with Crippen LogP contribution in [0.15, 0.2) is 22.5 Å². The summed E-state index contributed by atoms with van der Waals surface area (Å²) in [5, 5.41) is 5.18. The Bertz CT molecular complexity index is 343. The summed E-state index contributed by atoms with van der Waals surface area (Å²) in [5.41, 5.74) is 5.80. The maximum absolute atomic E-state index is 5.80. The van der Waals surface area contributed by atoms with Gasteiger partial charge in [-0.25, -0.2) is 0 Å². The molecule has 1 aromatic rings. The summed E-state index contributed by atoms with van der Waals surface area (Å²) in [4.78, 5) is 7.87. The Morgan fingerprint density at radius 1 is 1.53 bits per heavy atom. The first-order chi connectivity index (χ1) is 8.00. The summed E-state index contributed by atoms with van der Waals surface area (Å²) >= 11 is 1.75. The lowest BCUT2D eigenvalue weighted by molar-refractivity contribution is 0.310. The van der Waals surface area contributed by atoms with Crippen LogP contribution in [-0.2, 0) is 0 Å². The van der Waals surface area contributed by atoms with E-state index in [2.05, 4.69) is 46.8 Å². The first kappa shape index (κ1) is 14.0. The predicted molar refractivity (Wildman–Crippen MR) is 75.5 cm³/mol. The van der Waals surface area contributed by atoms with Crippen molar-refractivity contribution in [3.63, 3.8) is 0 Å². The molecule has 0 fully saturated rings. The van der Waals surface area contributed by atoms with E-state index in [1.807, 2.05) is 13.8 Å². The lowest BCUT2D eigenvalue weighted by atomic mass is 10.2. The first-order valence-corrected chi connectivity index (χ1v) is 6.65. The molecule has 0 saturated heterocycles. The number of hydrogen-bond acceptors (Lipinski definition) is 3. The third-order valence-corrected chi connectivity index (χ3v) is 3.34. The van der Waals surface area contributed by atoms with Crippen LogP contribution in [0, 0.1) is 0 Å². The van der Waals surface area contributed by atoms with Crippen LogP contribution >= 0.6 is 11.3 Å². The van der Waals surface area contributed by atoms with Crippen LogP contribution in [0.5, 0.6) is 0 Å². The molecular weight excluding hydrogens is 232 g/mol. The van der Waals surface area contributed by atoms with E-state index < -0.39 is 0 Å². The number of nitrogens with two attached hydrogens (primary N) is 1. The Morgan fingerprint density at radius 3 is 2.71 bits per heavy atom. The molecule has 0 amide bonds. The molecule has 1 unspecified atom stereocenters. The van der Waals surface area contributed by atoms with Crippen molar-refractivity contribution in [3.05, 3.63) is 22.4 Å². The normalized spacial score (nSPS) is 14.4. The van der Waals surface area contributed by atoms with Crippen molar-refractivity contribution in [2.75, 3.05) is 20.6 Å². The van der Waals surface area contributed by atoms with Crippen molar-refractivity contribution in [1.29, 1.82) is 0 Å². The van der Waals surface area contributed by atoms with Crippen LogP contribution in [0.25, 0.3) is 0 Å². The summed E-state index contributed by atoms with van der Waals surface area (Å²) in [7, 11) is 4.12. The molecule has 0 bridgehead atoms. The van der Waals surface area contributed by atoms with Crippen LogP contribution < -0.4 is 11.1 Å². The van der Waals surface area contributed by atoms with E-state index >= 15 is 0 Å². The molecule has 1 rings (SSSR count). The third kappa shape index (κ3) is 4.75. The van der Waals surface area contributed by atoms with Gasteiger partial charge in [0.25, 0.3) is 0 Å². The first-order valence-electron chi connectivity index (χ1n) is 5.77. The highest BCUT2D eigenvalue weighted by Gasteiger charge is 2.14. The van der Waals surface area contributed by atoms with Crippen molar-refractivity contribution in [1.82, 2.24) is 10.2 Å². The average Bonchev–Trinajstić information content (AvgIpc) is 2.69. The molecule has 0 aliphatic carbocycles. The lowest BCUT2D eigenvalue weighted by Crippen LogP contribution is -2.37. The van der Waals surface area contributed by atoms with E-state index in [9.17, 15) is 0 Å². The maximum Gasteiger partial charge on any atom is 0.188 e. The van der Waals surface area contributed by atoms with Gasteiger partial charge < -0.3 is 16.0 Å². The Morgan fingerprint density at radius 2 is 2.24 bits per heavy atom. The minimum atomic E-state index is 0.294. The van der Waals surface area contributed by atoms with Gasteiger partial charge in [0.05, 0.1) is 12.6 Å². The molecule has 1 aromatic heterocycles. The lowest BCUT2D eigenvalue weighted by Gasteiger charge is -2.21. The van der Waals surface area contributed by atoms with Crippen molar-refractivity contribution >= 4 is 17.3 Å². The van der Waals surface area contributed by atoms with Crippen molar-refractivity contribution < 1.29 is 0 Å². The molecule has 3 N–H and O–H groups in total. The second-order valence-electron chi connectivity index (χ2n) is 4.52. The fourth-order valence-corrected chi connectivity index (χ4v) is 2.43. The van der Waals surface area contributed by atoms with Gasteiger partial charge in [-0.15, -0.1) is 11.3 Å². The molecule has 1 heterocycles. The number of nitrogens with one attached hydrogen (secondary N) is 1. The number of thiophene rings is 1. The van der Waals surface area contributed by atoms with Crippen molar-refractivity contribution in [2.24, 2.45) is 10.7 Å². The average molecular weight is 254 g/mol. The summed E-state index contributed by atoms with van der Waals surface area (Å²) in [5.74, 6) is 0.517. The molecule has 1 atom stereocenters. The number of rotatable bonds is 5. The summed E-state index contributed by atoms with van der Waals surface area (Å²) in [6.07, 6.45) is 0. The van der Waals surface area contributed by atoms with E-state index in [0.29, 0.717) is 24.6 Å². The van der Waals surface area contributed by atoms with Crippen LogP contribution in [0.1, 0.15) is 24.8 Å². The topological polar surface area (TPSA) is 53.6 Å². The second-order valence-corrected chi connectivity index (χ2v) is 5.50. The highest BCUT2D eigenvalue weighted by molar-refractivity contribution is 7.10. The molecule has 0 aliphatic rings. The summed E-state index contributed by atoms with van der Waals surface area (Å²) in [6.45, 7) is 4.77. The SMILES string of the molecule is CC(C)NC(N)=NCC(c1cccs1)N(C)C. The Balaban J connectivity index is 2.63. The Hall–Kier alpha value is -1.07. The third-order valence-electron chi connectivity index (χ3n) is 2.37. The number of nitrogens with zero attached hydrogens (tertiary/aromatic N) is 2. The predicted octanol–water partition coefficient (Wildman–Crippen LogP) is 1.66. The van der Waals surface area contributed by atoms with E-state index in [1.54, 1.807) is 11.3 Å². The molecular formula is C12H22N4S. The van der Waals surface area contributed by atoms with Crippen LogP contribution in [0.3, 0.4) is 0 Å². The molecule has 0 radical (unpaired) electrons. The smallest absolute Gasteiger partial charge is 0.188 e. The Labute approximate surface area is 108 Å². The molecule has 4 nitrogen and oxygen atoms in total. The van der Waals surface area contributed by atoms with Gasteiger partial charge in [-0.2, -0.15) is 0 Å². The van der Waals surface area contributed by atoms with Gasteiger partial charge in [-0.1, -0.05) is 6.07 Å². The van der Waals surface area contributed by atoms with Crippen LogP contribution in [-0.4, -0.2) is 37.5 Å². The monoisotopic (exact) mass is 254 g/mol. The van der Waals surface area contributed by atoms with E-state index in [4.69, 9.17) is 5.73 Å². The highest BCUT2D eigenvalue weighted by atomic mass is 32.1. The van der Waals surface area contributed by atoms with Gasteiger partial charge in [0.15, 0.2) is 5.96 Å². The van der Waals surface area contributed by atoms with Crippen molar-refractivity contribution in [2.45, 2.75) is 25.9 Å². The zero-order valence-electron chi connectivity index (χ0n) is 11.0. The minimum absolute atomic E-state index is 0.294. The van der Waals surface area contributed by atoms with Gasteiger partial charge in [0, 0.05) is 10.9 Å². The van der Waals surface area contributed by atoms with E-state index in [1.165, 1.54) is 4.88 Å². The molecule has 0 aromatic carbocycles. The largest absolute Gasteiger partial charge is 0.370 e. The number of guanidine groups is 1. The second kappa shape index (κ2) is 6.61. The van der Waals surface area contributed by atoms with Gasteiger partial charge in [-0.3, -0.25) is 4.99 Å². The molecule has 0 spiro atoms. The van der Waals surface area contributed by atoms with Gasteiger partial charge in [0.2, 0.25) is 0 Å². The van der Waals surface area contributed by atoms with Gasteiger partial charge in [0.1, 0.15) is 0 Å². The van der Waals surface area contributed by atoms with E-state index in [0.717, 1.165) is 0 Å². The quantitative estimate of drug-likeness (QED) is 0.621. The molecule has 96 valence electrons. The zero-order chi connectivity index (χ0) is 12.8. The summed E-state index contributed by atoms with van der Waals surface area (Å²) in [6, 6.07) is 4.81. The Kier molecular flexibility index (Phi) is 5.44. The fourth-order valence-electron chi connectivity index (χ4n) is 1.51. The number of hydrogen-bond donors (Lipinski definition) is 2. The van der Waals surface area contributed by atoms with Gasteiger partial charge >= 0.3 is 0 Å². The van der Waals surface area contributed by atoms with Crippen LogP contribution in [0.4, 0.5) is 0 Å². The van der Waals surface area contributed by atoms with Gasteiger partial charge in [-0.05, 0) is 39.4 Å². The van der Waals surface area contributed by atoms with Crippen LogP contribution in [0.2, 0.25) is 0 Å². The highest BCUT2D eigenvalue weighted by Crippen LogP contribution is 2.23. The molecule has 5 heteroatoms. The van der Waals surface area contributed by atoms with Crippen molar-refractivity contribution in [3.8, 4) is 0 Å². The van der Waals surface area contributed by atoms with E-state index in [-0.39, 0.29) is 0 Å². The maximum atomic E-state index is 5.80. The summed E-state index contributed by atoms with van der Waals surface area (Å²) < 4.78 is 0. The number of likely N-dealkylation sites (N-methyl/N-ethyl adjacent to an activating group) is 1. The zero-order valence-corrected chi connectivity index (χ0v) is 11.8. The fraction of sp³-hybridized carbons (Fsp3) is 0.583. The standard InChI is InChI=1S/C12H22N4S/c1-9(2)15-12(13)14-8-10(16(3)4)11-6-5-7-17-11/h5-7,9-10H,8H2,1-4H3,(H3,13,14,15). The minimum Gasteiger partial charge on any atom is -0.370 e. The number of aliphatic imine (C=N–C) groups is 1.